The lowest BCUT2D eigenvalue weighted by Gasteiger charge is -2.35. The van der Waals surface area contributed by atoms with E-state index in [1.54, 1.807) is 20.3 Å². The molecule has 0 atom stereocenters. The molecule has 3 aromatic rings. The highest BCUT2D eigenvalue weighted by Crippen LogP contribution is 2.24. The molecule has 0 N–H and O–H groups in total. The summed E-state index contributed by atoms with van der Waals surface area (Å²) >= 11 is 0. The monoisotopic (exact) mass is 393 g/mol. The normalized spacial score (nSPS) is 14.0. The molecule has 2 aromatic carbocycles. The Bertz CT molecular complexity index is 958. The first-order chi connectivity index (χ1) is 14.2. The minimum atomic E-state index is -0.108. The van der Waals surface area contributed by atoms with E-state index in [9.17, 15) is 4.79 Å². The van der Waals surface area contributed by atoms with Gasteiger partial charge in [0.2, 0.25) is 0 Å². The summed E-state index contributed by atoms with van der Waals surface area (Å²) in [5.41, 5.74) is 2.30. The van der Waals surface area contributed by atoms with Crippen molar-refractivity contribution < 1.29 is 18.8 Å². The summed E-state index contributed by atoms with van der Waals surface area (Å²) in [4.78, 5) is 16.9. The summed E-state index contributed by atoms with van der Waals surface area (Å²) < 4.78 is 15.8. The number of nitrogens with zero attached hydrogens (tertiary/aromatic N) is 3. The number of ether oxygens (including phenoxy) is 2. The van der Waals surface area contributed by atoms with E-state index in [-0.39, 0.29) is 5.91 Å². The Morgan fingerprint density at radius 3 is 2.07 bits per heavy atom. The number of hydrogen-bond acceptors (Lipinski definition) is 6. The predicted molar refractivity (Wildman–Crippen MR) is 110 cm³/mol. The van der Waals surface area contributed by atoms with Crippen LogP contribution in [0.15, 0.2) is 59.1 Å². The van der Waals surface area contributed by atoms with Gasteiger partial charge in [0, 0.05) is 43.5 Å². The van der Waals surface area contributed by atoms with Crippen LogP contribution in [0.5, 0.6) is 11.5 Å². The second kappa shape index (κ2) is 8.26. The molecule has 0 radical (unpaired) electrons. The van der Waals surface area contributed by atoms with Crippen LogP contribution in [0.4, 0.5) is 5.69 Å². The van der Waals surface area contributed by atoms with Gasteiger partial charge in [0.1, 0.15) is 11.5 Å². The Morgan fingerprint density at radius 1 is 0.897 bits per heavy atom. The van der Waals surface area contributed by atoms with Crippen LogP contribution in [-0.2, 0) is 0 Å². The smallest absolute Gasteiger partial charge is 0.276 e. The van der Waals surface area contributed by atoms with Gasteiger partial charge >= 0.3 is 0 Å². The van der Waals surface area contributed by atoms with Gasteiger partial charge in [-0.05, 0) is 48.5 Å². The quantitative estimate of drug-likeness (QED) is 0.662. The van der Waals surface area contributed by atoms with Gasteiger partial charge in [0.15, 0.2) is 11.5 Å². The first kappa shape index (κ1) is 18.9. The lowest BCUT2D eigenvalue weighted by Crippen LogP contribution is -2.48. The van der Waals surface area contributed by atoms with Crippen LogP contribution in [-0.4, -0.2) is 56.4 Å². The van der Waals surface area contributed by atoms with Gasteiger partial charge in [-0.1, -0.05) is 5.16 Å². The van der Waals surface area contributed by atoms with Gasteiger partial charge in [-0.3, -0.25) is 4.79 Å². The van der Waals surface area contributed by atoms with E-state index in [0.29, 0.717) is 24.5 Å². The molecule has 1 aliphatic rings. The number of methoxy groups -OCH3 is 2. The highest BCUT2D eigenvalue weighted by atomic mass is 16.5. The summed E-state index contributed by atoms with van der Waals surface area (Å²) in [7, 11) is 3.28. The molecule has 0 aliphatic carbocycles. The zero-order chi connectivity index (χ0) is 20.2. The number of hydrogen-bond donors (Lipinski definition) is 0. The summed E-state index contributed by atoms with van der Waals surface area (Å²) in [5.74, 6) is 2.05. The molecule has 2 heterocycles. The van der Waals surface area contributed by atoms with Crippen LogP contribution >= 0.6 is 0 Å². The van der Waals surface area contributed by atoms with Crippen molar-refractivity contribution in [1.82, 2.24) is 10.1 Å². The average Bonchev–Trinajstić information content (AvgIpc) is 3.29. The van der Waals surface area contributed by atoms with Crippen molar-refractivity contribution in [1.29, 1.82) is 0 Å². The van der Waals surface area contributed by atoms with Crippen LogP contribution in [0.2, 0.25) is 0 Å². The van der Waals surface area contributed by atoms with E-state index >= 15 is 0 Å². The first-order valence-electron chi connectivity index (χ1n) is 9.47. The Hall–Kier alpha value is -3.48. The Morgan fingerprint density at radius 2 is 1.48 bits per heavy atom. The average molecular weight is 393 g/mol. The van der Waals surface area contributed by atoms with Crippen LogP contribution in [0, 0.1) is 0 Å². The maximum Gasteiger partial charge on any atom is 0.276 e. The number of anilines is 1. The molecule has 1 fully saturated rings. The fourth-order valence-electron chi connectivity index (χ4n) is 3.39. The van der Waals surface area contributed by atoms with E-state index < -0.39 is 0 Å². The molecule has 1 amide bonds. The predicted octanol–water partition coefficient (Wildman–Crippen LogP) is 3.32. The molecular weight excluding hydrogens is 370 g/mol. The van der Waals surface area contributed by atoms with Crippen LogP contribution in [0.1, 0.15) is 10.5 Å². The van der Waals surface area contributed by atoms with Gasteiger partial charge in [-0.2, -0.15) is 0 Å². The molecule has 29 heavy (non-hydrogen) atoms. The number of piperazine rings is 1. The third-order valence-electron chi connectivity index (χ3n) is 5.11. The molecular formula is C22H23N3O4. The van der Waals surface area contributed by atoms with Crippen molar-refractivity contribution in [3.63, 3.8) is 0 Å². The molecule has 150 valence electrons. The lowest BCUT2D eigenvalue weighted by molar-refractivity contribution is 0.0736. The summed E-state index contributed by atoms with van der Waals surface area (Å²) in [6.45, 7) is 2.80. The van der Waals surface area contributed by atoms with Gasteiger partial charge in [0.25, 0.3) is 5.91 Å². The minimum Gasteiger partial charge on any atom is -0.497 e. The summed E-state index contributed by atoms with van der Waals surface area (Å²) in [6.07, 6.45) is 0. The fourth-order valence-corrected chi connectivity index (χ4v) is 3.39. The van der Waals surface area contributed by atoms with Gasteiger partial charge in [-0.15, -0.1) is 0 Å². The molecule has 1 aromatic heterocycles. The lowest BCUT2D eigenvalue weighted by atomic mass is 10.1. The maximum atomic E-state index is 12.8. The number of amides is 1. The second-order valence-electron chi connectivity index (χ2n) is 6.78. The minimum absolute atomic E-state index is 0.108. The van der Waals surface area contributed by atoms with Crippen LogP contribution < -0.4 is 14.4 Å². The highest BCUT2D eigenvalue weighted by molar-refractivity contribution is 5.93. The van der Waals surface area contributed by atoms with E-state index in [2.05, 4.69) is 10.1 Å². The zero-order valence-corrected chi connectivity index (χ0v) is 16.5. The molecule has 0 spiro atoms. The van der Waals surface area contributed by atoms with Gasteiger partial charge in [0.05, 0.1) is 14.2 Å². The van der Waals surface area contributed by atoms with Crippen molar-refractivity contribution in [3.05, 3.63) is 60.3 Å². The Labute approximate surface area is 169 Å². The highest BCUT2D eigenvalue weighted by Gasteiger charge is 2.25. The molecule has 1 saturated heterocycles. The zero-order valence-electron chi connectivity index (χ0n) is 16.5. The molecule has 1 aliphatic heterocycles. The van der Waals surface area contributed by atoms with Gasteiger partial charge in [-0.25, -0.2) is 0 Å². The van der Waals surface area contributed by atoms with Crippen molar-refractivity contribution >= 4 is 11.6 Å². The van der Waals surface area contributed by atoms with Crippen molar-refractivity contribution in [2.75, 3.05) is 45.3 Å². The molecule has 4 rings (SSSR count). The number of carbonyl (C=O) groups is 1. The third-order valence-corrected chi connectivity index (χ3v) is 5.11. The van der Waals surface area contributed by atoms with E-state index in [1.807, 2.05) is 53.4 Å². The Balaban J connectivity index is 1.38. The first-order valence-corrected chi connectivity index (χ1v) is 9.47. The number of carbonyl (C=O) groups excluding carboxylic acids is 1. The fraction of sp³-hybridized carbons (Fsp3) is 0.273. The number of aromatic nitrogens is 1. The van der Waals surface area contributed by atoms with E-state index in [0.717, 1.165) is 35.8 Å². The topological polar surface area (TPSA) is 68.0 Å². The molecule has 0 bridgehead atoms. The Kier molecular flexibility index (Phi) is 5.37. The SMILES string of the molecule is COc1ccc(-c2cc(C(=O)N3CCN(c4ccc(OC)cc4)CC3)no2)cc1. The summed E-state index contributed by atoms with van der Waals surface area (Å²) in [6, 6.07) is 17.1. The van der Waals surface area contributed by atoms with Crippen molar-refractivity contribution in [2.24, 2.45) is 0 Å². The number of benzene rings is 2. The second-order valence-corrected chi connectivity index (χ2v) is 6.78. The van der Waals surface area contributed by atoms with Crippen molar-refractivity contribution in [3.8, 4) is 22.8 Å². The molecule has 0 saturated carbocycles. The van der Waals surface area contributed by atoms with Gasteiger partial charge < -0.3 is 23.8 Å². The van der Waals surface area contributed by atoms with Crippen LogP contribution in [0.25, 0.3) is 11.3 Å². The van der Waals surface area contributed by atoms with E-state index in [1.165, 1.54) is 0 Å². The van der Waals surface area contributed by atoms with E-state index in [4.69, 9.17) is 14.0 Å². The molecule has 0 unspecified atom stereocenters. The van der Waals surface area contributed by atoms with Crippen molar-refractivity contribution in [2.45, 2.75) is 0 Å². The summed E-state index contributed by atoms with van der Waals surface area (Å²) in [5, 5.41) is 3.98. The molecule has 7 heteroatoms. The molecule has 7 nitrogen and oxygen atoms in total. The van der Waals surface area contributed by atoms with Crippen LogP contribution in [0.3, 0.4) is 0 Å². The number of rotatable bonds is 5. The third kappa shape index (κ3) is 4.03. The standard InChI is InChI=1S/C22H23N3O4/c1-27-18-7-3-16(4-8-18)21-15-20(23-29-21)22(26)25-13-11-24(12-14-25)17-5-9-19(28-2)10-6-17/h3-10,15H,11-14H2,1-2H3. The largest absolute Gasteiger partial charge is 0.497 e. The maximum absolute atomic E-state index is 12.8.